The second kappa shape index (κ2) is 6.86. The van der Waals surface area contributed by atoms with E-state index in [1.165, 1.54) is 0 Å². The summed E-state index contributed by atoms with van der Waals surface area (Å²) in [6, 6.07) is -0.439. The standard InChI is InChI=1S/C9H20N2O2/c1-7(2)6-11-8(9(12)13)4-3-5-10/h7-8,11H,3-6,10H2,1-2H3,(H,12,13)/t8-/m0/s1. The van der Waals surface area contributed by atoms with Crippen molar-refractivity contribution in [3.63, 3.8) is 0 Å². The predicted molar refractivity (Wildman–Crippen MR) is 52.6 cm³/mol. The van der Waals surface area contributed by atoms with Crippen LogP contribution in [0.2, 0.25) is 0 Å². The molecular formula is C9H20N2O2. The van der Waals surface area contributed by atoms with Crippen LogP contribution in [0.25, 0.3) is 0 Å². The lowest BCUT2D eigenvalue weighted by molar-refractivity contribution is -0.139. The van der Waals surface area contributed by atoms with Crippen molar-refractivity contribution in [2.24, 2.45) is 11.7 Å². The number of nitrogens with one attached hydrogen (secondary N) is 1. The Morgan fingerprint density at radius 2 is 2.15 bits per heavy atom. The van der Waals surface area contributed by atoms with Crippen molar-refractivity contribution in [2.45, 2.75) is 32.7 Å². The van der Waals surface area contributed by atoms with Crippen molar-refractivity contribution in [2.75, 3.05) is 13.1 Å². The molecule has 13 heavy (non-hydrogen) atoms. The first kappa shape index (κ1) is 12.4. The summed E-state index contributed by atoms with van der Waals surface area (Å²) < 4.78 is 0. The van der Waals surface area contributed by atoms with E-state index in [-0.39, 0.29) is 0 Å². The van der Waals surface area contributed by atoms with E-state index in [0.717, 1.165) is 13.0 Å². The van der Waals surface area contributed by atoms with Crippen LogP contribution in [0.1, 0.15) is 26.7 Å². The lowest BCUT2D eigenvalue weighted by Gasteiger charge is -2.15. The summed E-state index contributed by atoms with van der Waals surface area (Å²) in [5, 5.41) is 11.8. The van der Waals surface area contributed by atoms with Gasteiger partial charge in [0, 0.05) is 0 Å². The first-order valence-electron chi connectivity index (χ1n) is 4.74. The molecule has 0 aromatic heterocycles. The van der Waals surface area contributed by atoms with Crippen LogP contribution in [0.15, 0.2) is 0 Å². The van der Waals surface area contributed by atoms with Gasteiger partial charge in [0.15, 0.2) is 0 Å². The third-order valence-electron chi connectivity index (χ3n) is 1.77. The second-order valence-electron chi connectivity index (χ2n) is 3.62. The molecular weight excluding hydrogens is 168 g/mol. The van der Waals surface area contributed by atoms with E-state index in [2.05, 4.69) is 19.2 Å². The fraction of sp³-hybridized carbons (Fsp3) is 0.889. The van der Waals surface area contributed by atoms with E-state index in [4.69, 9.17) is 10.8 Å². The van der Waals surface area contributed by atoms with Crippen molar-refractivity contribution in [3.8, 4) is 0 Å². The third kappa shape index (κ3) is 6.54. The van der Waals surface area contributed by atoms with Crippen LogP contribution in [-0.2, 0) is 4.79 Å². The van der Waals surface area contributed by atoms with Gasteiger partial charge in [-0.05, 0) is 31.8 Å². The number of carbonyl (C=O) groups is 1. The SMILES string of the molecule is CC(C)CN[C@@H](CCCN)C(=O)O. The van der Waals surface area contributed by atoms with Crippen LogP contribution < -0.4 is 11.1 Å². The second-order valence-corrected chi connectivity index (χ2v) is 3.62. The molecule has 0 radical (unpaired) electrons. The lowest BCUT2D eigenvalue weighted by atomic mass is 10.1. The van der Waals surface area contributed by atoms with Gasteiger partial charge in [-0.1, -0.05) is 13.8 Å². The Labute approximate surface area is 79.5 Å². The predicted octanol–water partition coefficient (Wildman–Crippen LogP) is 0.424. The monoisotopic (exact) mass is 188 g/mol. The average Bonchev–Trinajstić information content (AvgIpc) is 2.03. The Morgan fingerprint density at radius 3 is 2.54 bits per heavy atom. The highest BCUT2D eigenvalue weighted by atomic mass is 16.4. The number of carboxylic acid groups (broad SMARTS) is 1. The van der Waals surface area contributed by atoms with E-state index in [0.29, 0.717) is 18.9 Å². The molecule has 4 nitrogen and oxygen atoms in total. The van der Waals surface area contributed by atoms with Crippen molar-refractivity contribution in [1.82, 2.24) is 5.32 Å². The molecule has 0 rings (SSSR count). The molecule has 0 aliphatic carbocycles. The van der Waals surface area contributed by atoms with Gasteiger partial charge >= 0.3 is 5.97 Å². The lowest BCUT2D eigenvalue weighted by Crippen LogP contribution is -2.39. The zero-order valence-electron chi connectivity index (χ0n) is 8.42. The Bertz CT molecular complexity index is 149. The minimum Gasteiger partial charge on any atom is -0.480 e. The summed E-state index contributed by atoms with van der Waals surface area (Å²) in [6.07, 6.45) is 1.36. The molecule has 0 fully saturated rings. The smallest absolute Gasteiger partial charge is 0.320 e. The van der Waals surface area contributed by atoms with Gasteiger partial charge in [0.1, 0.15) is 6.04 Å². The summed E-state index contributed by atoms with van der Waals surface area (Å²) in [5.74, 6) is -0.311. The summed E-state index contributed by atoms with van der Waals surface area (Å²) in [5.41, 5.74) is 5.31. The number of aliphatic carboxylic acids is 1. The Kier molecular flexibility index (Phi) is 6.54. The molecule has 0 aromatic rings. The van der Waals surface area contributed by atoms with Crippen molar-refractivity contribution in [1.29, 1.82) is 0 Å². The highest BCUT2D eigenvalue weighted by Crippen LogP contribution is 1.98. The van der Waals surface area contributed by atoms with Crippen molar-refractivity contribution in [3.05, 3.63) is 0 Å². The summed E-state index contributed by atoms with van der Waals surface area (Å²) in [4.78, 5) is 10.7. The maximum atomic E-state index is 10.7. The molecule has 0 aliphatic rings. The van der Waals surface area contributed by atoms with Crippen LogP contribution in [0, 0.1) is 5.92 Å². The van der Waals surface area contributed by atoms with Crippen LogP contribution in [-0.4, -0.2) is 30.2 Å². The molecule has 0 heterocycles. The zero-order valence-corrected chi connectivity index (χ0v) is 8.42. The Hall–Kier alpha value is -0.610. The van der Waals surface area contributed by atoms with Gasteiger partial charge in [-0.3, -0.25) is 4.79 Å². The number of hydrogen-bond donors (Lipinski definition) is 3. The molecule has 4 heteroatoms. The molecule has 0 spiro atoms. The molecule has 0 unspecified atom stereocenters. The minimum atomic E-state index is -0.783. The number of carboxylic acids is 1. The van der Waals surface area contributed by atoms with Gasteiger partial charge in [-0.25, -0.2) is 0 Å². The van der Waals surface area contributed by atoms with Gasteiger partial charge in [-0.15, -0.1) is 0 Å². The third-order valence-corrected chi connectivity index (χ3v) is 1.77. The molecule has 0 saturated heterocycles. The highest BCUT2D eigenvalue weighted by Gasteiger charge is 2.15. The van der Waals surface area contributed by atoms with E-state index in [1.807, 2.05) is 0 Å². The molecule has 0 saturated carbocycles. The molecule has 78 valence electrons. The van der Waals surface area contributed by atoms with Crippen molar-refractivity contribution >= 4 is 5.97 Å². The van der Waals surface area contributed by atoms with Gasteiger partial charge in [-0.2, -0.15) is 0 Å². The number of rotatable bonds is 7. The molecule has 0 amide bonds. The van der Waals surface area contributed by atoms with Crippen LogP contribution in [0.4, 0.5) is 0 Å². The van der Waals surface area contributed by atoms with Crippen LogP contribution in [0.3, 0.4) is 0 Å². The van der Waals surface area contributed by atoms with E-state index in [9.17, 15) is 4.79 Å². The zero-order chi connectivity index (χ0) is 10.3. The molecule has 1 atom stereocenters. The maximum Gasteiger partial charge on any atom is 0.320 e. The fourth-order valence-electron chi connectivity index (χ4n) is 1.01. The Morgan fingerprint density at radius 1 is 1.54 bits per heavy atom. The van der Waals surface area contributed by atoms with E-state index < -0.39 is 12.0 Å². The largest absolute Gasteiger partial charge is 0.480 e. The van der Waals surface area contributed by atoms with Crippen LogP contribution >= 0.6 is 0 Å². The number of nitrogens with two attached hydrogens (primary N) is 1. The summed E-state index contributed by atoms with van der Waals surface area (Å²) >= 11 is 0. The molecule has 4 N–H and O–H groups in total. The van der Waals surface area contributed by atoms with Crippen LogP contribution in [0.5, 0.6) is 0 Å². The average molecular weight is 188 g/mol. The van der Waals surface area contributed by atoms with E-state index >= 15 is 0 Å². The van der Waals surface area contributed by atoms with Crippen molar-refractivity contribution < 1.29 is 9.90 Å². The van der Waals surface area contributed by atoms with Gasteiger partial charge in [0.2, 0.25) is 0 Å². The normalized spacial score (nSPS) is 13.2. The van der Waals surface area contributed by atoms with Gasteiger partial charge < -0.3 is 16.2 Å². The maximum absolute atomic E-state index is 10.7. The first-order valence-corrected chi connectivity index (χ1v) is 4.74. The molecule has 0 aromatic carbocycles. The summed E-state index contributed by atoms with van der Waals surface area (Å²) in [6.45, 7) is 5.39. The molecule has 0 aliphatic heterocycles. The Balaban J connectivity index is 3.74. The minimum absolute atomic E-state index is 0.439. The summed E-state index contributed by atoms with van der Waals surface area (Å²) in [7, 11) is 0. The topological polar surface area (TPSA) is 75.3 Å². The quantitative estimate of drug-likeness (QED) is 0.541. The van der Waals surface area contributed by atoms with E-state index in [1.54, 1.807) is 0 Å². The number of hydrogen-bond acceptors (Lipinski definition) is 3. The van der Waals surface area contributed by atoms with Gasteiger partial charge in [0.25, 0.3) is 0 Å². The molecule has 0 bridgehead atoms. The van der Waals surface area contributed by atoms with Gasteiger partial charge in [0.05, 0.1) is 0 Å². The first-order chi connectivity index (χ1) is 6.07. The fourth-order valence-corrected chi connectivity index (χ4v) is 1.01. The highest BCUT2D eigenvalue weighted by molar-refractivity contribution is 5.73.